The fourth-order valence-electron chi connectivity index (χ4n) is 3.58. The van der Waals surface area contributed by atoms with E-state index in [4.69, 9.17) is 4.74 Å². The summed E-state index contributed by atoms with van der Waals surface area (Å²) in [7, 11) is -3.35. The van der Waals surface area contributed by atoms with Crippen molar-refractivity contribution in [3.8, 4) is 5.75 Å². The first kappa shape index (κ1) is 20.2. The van der Waals surface area contributed by atoms with Gasteiger partial charge in [0.05, 0.1) is 12.3 Å². The van der Waals surface area contributed by atoms with Crippen molar-refractivity contribution in [2.75, 3.05) is 11.0 Å². The smallest absolute Gasteiger partial charge is 0.251 e. The van der Waals surface area contributed by atoms with Crippen LogP contribution in [0.1, 0.15) is 55.1 Å². The Balaban J connectivity index is 1.81. The van der Waals surface area contributed by atoms with Crippen LogP contribution >= 0.6 is 0 Å². The van der Waals surface area contributed by atoms with Gasteiger partial charge in [-0.15, -0.1) is 0 Å². The number of nitrogens with one attached hydrogen (secondary N) is 2. The first-order valence-electron chi connectivity index (χ1n) is 9.42. The van der Waals surface area contributed by atoms with E-state index in [0.29, 0.717) is 17.7 Å². The predicted octanol–water partition coefficient (Wildman–Crippen LogP) is 3.87. The zero-order valence-corrected chi connectivity index (χ0v) is 17.2. The molecule has 1 aliphatic heterocycles. The Kier molecular flexibility index (Phi) is 5.65. The van der Waals surface area contributed by atoms with E-state index in [9.17, 15) is 13.2 Å². The Labute approximate surface area is 166 Å². The molecule has 1 amide bonds. The van der Waals surface area contributed by atoms with Gasteiger partial charge in [0.15, 0.2) is 0 Å². The zero-order valence-electron chi connectivity index (χ0n) is 16.4. The molecule has 2 N–H and O–H groups in total. The SMILES string of the molecule is CCC1(CC)CC(NC(=O)c2ccc(NS(C)(=O)=O)cc2)c2ccccc2O1. The number of para-hydroxylation sites is 1. The summed E-state index contributed by atoms with van der Waals surface area (Å²) in [6.07, 6.45) is 3.51. The number of anilines is 1. The summed E-state index contributed by atoms with van der Waals surface area (Å²) >= 11 is 0. The van der Waals surface area contributed by atoms with Gasteiger partial charge in [0.25, 0.3) is 5.91 Å². The summed E-state index contributed by atoms with van der Waals surface area (Å²) < 4.78 is 31.3. The monoisotopic (exact) mass is 402 g/mol. The van der Waals surface area contributed by atoms with Crippen molar-refractivity contribution in [1.29, 1.82) is 0 Å². The average molecular weight is 403 g/mol. The number of carbonyl (C=O) groups excluding carboxylic acids is 1. The van der Waals surface area contributed by atoms with Gasteiger partial charge in [0.1, 0.15) is 11.4 Å². The second-order valence-corrected chi connectivity index (χ2v) is 8.96. The van der Waals surface area contributed by atoms with Gasteiger partial charge < -0.3 is 10.1 Å². The lowest BCUT2D eigenvalue weighted by atomic mass is 9.83. The van der Waals surface area contributed by atoms with E-state index in [-0.39, 0.29) is 17.6 Å². The molecule has 0 aliphatic carbocycles. The van der Waals surface area contributed by atoms with Gasteiger partial charge >= 0.3 is 0 Å². The van der Waals surface area contributed by atoms with Crippen molar-refractivity contribution < 1.29 is 17.9 Å². The lowest BCUT2D eigenvalue weighted by Crippen LogP contribution is -2.44. The zero-order chi connectivity index (χ0) is 20.4. The molecule has 0 aromatic heterocycles. The summed E-state index contributed by atoms with van der Waals surface area (Å²) in [6.45, 7) is 4.20. The Hall–Kier alpha value is -2.54. The highest BCUT2D eigenvalue weighted by Gasteiger charge is 2.38. The fraction of sp³-hybridized carbons (Fsp3) is 0.381. The first-order valence-corrected chi connectivity index (χ1v) is 11.3. The second kappa shape index (κ2) is 7.83. The number of sulfonamides is 1. The number of benzene rings is 2. The molecule has 0 radical (unpaired) electrons. The number of rotatable bonds is 6. The van der Waals surface area contributed by atoms with Gasteiger partial charge in [0.2, 0.25) is 10.0 Å². The van der Waals surface area contributed by atoms with Crippen LogP contribution in [0, 0.1) is 0 Å². The van der Waals surface area contributed by atoms with Crippen molar-refractivity contribution >= 4 is 21.6 Å². The normalized spacial score (nSPS) is 17.9. The minimum Gasteiger partial charge on any atom is -0.487 e. The molecule has 0 bridgehead atoms. The van der Waals surface area contributed by atoms with E-state index >= 15 is 0 Å². The van der Waals surface area contributed by atoms with Crippen molar-refractivity contribution in [3.63, 3.8) is 0 Å². The summed E-state index contributed by atoms with van der Waals surface area (Å²) in [5.41, 5.74) is 1.58. The van der Waals surface area contributed by atoms with Gasteiger partial charge in [-0.1, -0.05) is 32.0 Å². The van der Waals surface area contributed by atoms with E-state index in [1.165, 1.54) is 0 Å². The van der Waals surface area contributed by atoms with Gasteiger partial charge in [-0.05, 0) is 43.2 Å². The number of ether oxygens (including phenoxy) is 1. The summed E-state index contributed by atoms with van der Waals surface area (Å²) in [6, 6.07) is 14.0. The minimum absolute atomic E-state index is 0.147. The molecule has 28 heavy (non-hydrogen) atoms. The average Bonchev–Trinajstić information content (AvgIpc) is 2.67. The molecule has 7 heteroatoms. The summed E-state index contributed by atoms with van der Waals surface area (Å²) in [4.78, 5) is 12.8. The lowest BCUT2D eigenvalue weighted by Gasteiger charge is -2.41. The van der Waals surface area contributed by atoms with Crippen LogP contribution in [0.5, 0.6) is 5.75 Å². The van der Waals surface area contributed by atoms with Crippen molar-refractivity contribution in [2.24, 2.45) is 0 Å². The maximum absolute atomic E-state index is 12.8. The van der Waals surface area contributed by atoms with Crippen molar-refractivity contribution in [3.05, 3.63) is 59.7 Å². The van der Waals surface area contributed by atoms with Gasteiger partial charge in [-0.25, -0.2) is 8.42 Å². The summed E-state index contributed by atoms with van der Waals surface area (Å²) in [5, 5.41) is 3.12. The molecule has 0 spiro atoms. The molecular weight excluding hydrogens is 376 g/mol. The highest BCUT2D eigenvalue weighted by atomic mass is 32.2. The molecule has 2 aromatic rings. The molecule has 0 fully saturated rings. The van der Waals surface area contributed by atoms with Crippen LogP contribution in [0.15, 0.2) is 48.5 Å². The molecular formula is C21H26N2O4S. The molecule has 150 valence electrons. The van der Waals surface area contributed by atoms with Gasteiger partial charge in [-0.3, -0.25) is 9.52 Å². The topological polar surface area (TPSA) is 84.5 Å². The maximum Gasteiger partial charge on any atom is 0.251 e. The number of hydrogen-bond donors (Lipinski definition) is 2. The highest BCUT2D eigenvalue weighted by Crippen LogP contribution is 2.42. The maximum atomic E-state index is 12.8. The lowest BCUT2D eigenvalue weighted by molar-refractivity contribution is 0.0227. The van der Waals surface area contributed by atoms with Crippen LogP contribution in [0.25, 0.3) is 0 Å². The summed E-state index contributed by atoms with van der Waals surface area (Å²) in [5.74, 6) is 0.615. The molecule has 3 rings (SSSR count). The molecule has 1 unspecified atom stereocenters. The number of amides is 1. The Morgan fingerprint density at radius 1 is 1.11 bits per heavy atom. The predicted molar refractivity (Wildman–Crippen MR) is 110 cm³/mol. The van der Waals surface area contributed by atoms with E-state index in [1.807, 2.05) is 24.3 Å². The molecule has 1 atom stereocenters. The van der Waals surface area contributed by atoms with Crippen LogP contribution in [0.4, 0.5) is 5.69 Å². The largest absolute Gasteiger partial charge is 0.487 e. The third kappa shape index (κ3) is 4.47. The molecule has 0 saturated heterocycles. The van der Waals surface area contributed by atoms with Crippen LogP contribution in [-0.2, 0) is 10.0 Å². The van der Waals surface area contributed by atoms with Crippen LogP contribution in [-0.4, -0.2) is 26.2 Å². The van der Waals surface area contributed by atoms with Crippen molar-refractivity contribution in [2.45, 2.75) is 44.8 Å². The van der Waals surface area contributed by atoms with E-state index in [2.05, 4.69) is 23.9 Å². The van der Waals surface area contributed by atoms with Crippen LogP contribution < -0.4 is 14.8 Å². The third-order valence-corrected chi connectivity index (χ3v) is 5.85. The van der Waals surface area contributed by atoms with Crippen molar-refractivity contribution in [1.82, 2.24) is 5.32 Å². The Morgan fingerprint density at radius 2 is 1.75 bits per heavy atom. The number of carbonyl (C=O) groups is 1. The molecule has 6 nitrogen and oxygen atoms in total. The quantitative estimate of drug-likeness (QED) is 0.768. The van der Waals surface area contributed by atoms with Crippen LogP contribution in [0.2, 0.25) is 0 Å². The Bertz CT molecular complexity index is 951. The standard InChI is InChI=1S/C21H26N2O4S/c1-4-21(5-2)14-18(17-8-6-7-9-19(17)27-21)22-20(24)15-10-12-16(13-11-15)23-28(3,25)26/h6-13,18,23H,4-5,14H2,1-3H3,(H,22,24). The van der Waals surface area contributed by atoms with Gasteiger partial charge in [-0.2, -0.15) is 0 Å². The molecule has 2 aromatic carbocycles. The molecule has 1 aliphatic rings. The first-order chi connectivity index (χ1) is 13.3. The third-order valence-electron chi connectivity index (χ3n) is 5.24. The minimum atomic E-state index is -3.35. The fourth-order valence-corrected chi connectivity index (χ4v) is 4.14. The second-order valence-electron chi connectivity index (χ2n) is 7.21. The van der Waals surface area contributed by atoms with E-state index in [1.54, 1.807) is 24.3 Å². The Morgan fingerprint density at radius 3 is 2.36 bits per heavy atom. The molecule has 0 saturated carbocycles. The van der Waals surface area contributed by atoms with Gasteiger partial charge in [0, 0.05) is 23.2 Å². The molecule has 1 heterocycles. The van der Waals surface area contributed by atoms with E-state index < -0.39 is 10.0 Å². The van der Waals surface area contributed by atoms with E-state index in [0.717, 1.165) is 30.4 Å². The highest BCUT2D eigenvalue weighted by molar-refractivity contribution is 7.92. The van der Waals surface area contributed by atoms with Crippen LogP contribution in [0.3, 0.4) is 0 Å². The number of fused-ring (bicyclic) bond motifs is 1. The number of hydrogen-bond acceptors (Lipinski definition) is 4.